The van der Waals surface area contributed by atoms with E-state index in [1.807, 2.05) is 24.1 Å². The number of amides is 2. The summed E-state index contributed by atoms with van der Waals surface area (Å²) in [6.45, 7) is 12.2. The van der Waals surface area contributed by atoms with Gasteiger partial charge in [0.05, 0.1) is 5.56 Å². The molecule has 0 spiro atoms. The molecule has 2 N–H and O–H groups in total. The predicted molar refractivity (Wildman–Crippen MR) is 182 cm³/mol. The zero-order valence-corrected chi connectivity index (χ0v) is 29.1. The topological polar surface area (TPSA) is 72.9 Å². The number of allylic oxidation sites excluding steroid dienone is 2. The van der Waals surface area contributed by atoms with Crippen molar-refractivity contribution in [3.05, 3.63) is 41.5 Å². The van der Waals surface area contributed by atoms with Crippen LogP contribution in [0, 0.1) is 45.8 Å². The molecule has 5 aliphatic rings. The third-order valence-electron chi connectivity index (χ3n) is 14.8. The van der Waals surface area contributed by atoms with Crippen LogP contribution in [-0.4, -0.2) is 66.7 Å². The zero-order valence-electron chi connectivity index (χ0n) is 29.1. The van der Waals surface area contributed by atoms with Crippen molar-refractivity contribution in [2.45, 2.75) is 104 Å². The highest BCUT2D eigenvalue weighted by molar-refractivity contribution is 5.88. The first-order valence-corrected chi connectivity index (χ1v) is 18.0. The highest BCUT2D eigenvalue weighted by Crippen LogP contribution is 2.75. The number of carbonyl (C=O) groups excluding carboxylic acids is 1. The molecule has 0 radical (unpaired) electrons. The van der Waals surface area contributed by atoms with Crippen LogP contribution in [0.25, 0.3) is 5.57 Å². The quantitative estimate of drug-likeness (QED) is 0.324. The van der Waals surface area contributed by atoms with Crippen LogP contribution in [0.1, 0.15) is 114 Å². The number of rotatable bonds is 7. The summed E-state index contributed by atoms with van der Waals surface area (Å²) >= 11 is 0. The van der Waals surface area contributed by atoms with Gasteiger partial charge in [0.15, 0.2) is 0 Å². The van der Waals surface area contributed by atoms with Gasteiger partial charge in [-0.2, -0.15) is 0 Å². The lowest BCUT2D eigenvalue weighted by atomic mass is 9.34. The summed E-state index contributed by atoms with van der Waals surface area (Å²) in [6, 6.07) is 7.69. The molecule has 45 heavy (non-hydrogen) atoms. The Labute approximate surface area is 272 Å². The van der Waals surface area contributed by atoms with Crippen LogP contribution in [0.2, 0.25) is 0 Å². The lowest BCUT2D eigenvalue weighted by molar-refractivity contribution is -0.210. The van der Waals surface area contributed by atoms with Gasteiger partial charge in [0.2, 0.25) is 0 Å². The number of nitrogens with one attached hydrogen (secondary N) is 1. The number of carboxylic acid groups (broad SMARTS) is 1. The average Bonchev–Trinajstić information content (AvgIpc) is 3.41. The standard InChI is InChI=1S/C39H59N3O3/c1-26-29(27-11-13-28(14-12-27)34(43)44)17-20-36(2)30(26)18-21-38(4)33(36)16-15-31-32-10-8-19-39(32,23-22-37(31,38)3)40-35(45)42(7)25-9-24-41(5)6/h11-14,17,26,30-33H,8-10,15-16,18-25H2,1-7H3,(H,40,45)(H,43,44)/t26?,30?,31?,32?,33?,36?,37-,38?,39?/m1/s1. The Bertz CT molecular complexity index is 1320. The Morgan fingerprint density at radius 2 is 1.60 bits per heavy atom. The number of carboxylic acids is 1. The normalized spacial score (nSPS) is 40.4. The van der Waals surface area contributed by atoms with E-state index in [9.17, 15) is 14.7 Å². The maximum Gasteiger partial charge on any atom is 0.335 e. The Morgan fingerprint density at radius 1 is 0.867 bits per heavy atom. The van der Waals surface area contributed by atoms with Crippen molar-refractivity contribution in [2.75, 3.05) is 34.2 Å². The van der Waals surface area contributed by atoms with Crippen LogP contribution < -0.4 is 5.32 Å². The molecule has 8 unspecified atom stereocenters. The number of hydrogen-bond donors (Lipinski definition) is 2. The minimum Gasteiger partial charge on any atom is -0.478 e. The summed E-state index contributed by atoms with van der Waals surface area (Å²) in [5, 5.41) is 13.1. The smallest absolute Gasteiger partial charge is 0.335 e. The van der Waals surface area contributed by atoms with Crippen molar-refractivity contribution in [1.82, 2.24) is 15.1 Å². The second-order valence-electron chi connectivity index (χ2n) is 16.9. The van der Waals surface area contributed by atoms with E-state index in [-0.39, 0.29) is 17.0 Å². The molecule has 4 fully saturated rings. The molecule has 0 saturated heterocycles. The van der Waals surface area contributed by atoms with Gasteiger partial charge in [-0.3, -0.25) is 0 Å². The molecule has 1 aromatic carbocycles. The lowest BCUT2D eigenvalue weighted by Gasteiger charge is -2.71. The van der Waals surface area contributed by atoms with Gasteiger partial charge in [-0.25, -0.2) is 9.59 Å². The Kier molecular flexibility index (Phi) is 8.49. The lowest BCUT2D eigenvalue weighted by Crippen LogP contribution is -2.67. The van der Waals surface area contributed by atoms with Gasteiger partial charge in [0.25, 0.3) is 0 Å². The Hall–Kier alpha value is -2.34. The van der Waals surface area contributed by atoms with E-state index >= 15 is 0 Å². The number of carbonyl (C=O) groups is 2. The Morgan fingerprint density at radius 3 is 2.29 bits per heavy atom. The van der Waals surface area contributed by atoms with E-state index in [1.165, 1.54) is 56.1 Å². The first kappa shape index (κ1) is 32.6. The molecule has 0 heterocycles. The molecule has 2 amide bonds. The third-order valence-corrected chi connectivity index (χ3v) is 14.8. The summed E-state index contributed by atoms with van der Waals surface area (Å²) < 4.78 is 0. The van der Waals surface area contributed by atoms with E-state index in [4.69, 9.17) is 0 Å². The maximum atomic E-state index is 13.5. The van der Waals surface area contributed by atoms with Crippen molar-refractivity contribution in [1.29, 1.82) is 0 Å². The highest BCUT2D eigenvalue weighted by Gasteiger charge is 2.68. The molecular weight excluding hydrogens is 558 g/mol. The molecular formula is C39H59N3O3. The van der Waals surface area contributed by atoms with Crippen molar-refractivity contribution in [3.8, 4) is 0 Å². The van der Waals surface area contributed by atoms with Gasteiger partial charge in [0, 0.05) is 19.1 Å². The first-order valence-electron chi connectivity index (χ1n) is 18.0. The molecule has 0 aliphatic heterocycles. The van der Waals surface area contributed by atoms with Gasteiger partial charge in [-0.05, 0) is 154 Å². The third kappa shape index (κ3) is 5.16. The fourth-order valence-corrected chi connectivity index (χ4v) is 12.2. The van der Waals surface area contributed by atoms with Crippen LogP contribution in [0.3, 0.4) is 0 Å². The molecule has 9 atom stereocenters. The monoisotopic (exact) mass is 617 g/mol. The molecule has 4 saturated carbocycles. The van der Waals surface area contributed by atoms with Gasteiger partial charge >= 0.3 is 12.0 Å². The molecule has 0 aromatic heterocycles. The highest BCUT2D eigenvalue weighted by atomic mass is 16.4. The van der Waals surface area contributed by atoms with Crippen LogP contribution >= 0.6 is 0 Å². The van der Waals surface area contributed by atoms with Crippen LogP contribution in [-0.2, 0) is 0 Å². The molecule has 0 bridgehead atoms. The van der Waals surface area contributed by atoms with E-state index in [1.54, 1.807) is 12.1 Å². The van der Waals surface area contributed by atoms with E-state index in [0.29, 0.717) is 46.0 Å². The minimum atomic E-state index is -0.863. The fraction of sp³-hybridized carbons (Fsp3) is 0.744. The van der Waals surface area contributed by atoms with Crippen molar-refractivity contribution >= 4 is 17.6 Å². The SMILES string of the molecule is CC1C(c2ccc(C(=O)O)cc2)=CCC2(C)C1CCC1(C)C2CCC2C3CCCC3(NC(=O)N(C)CCCN(C)C)CC[C@]21C. The number of hydrogen-bond acceptors (Lipinski definition) is 3. The summed E-state index contributed by atoms with van der Waals surface area (Å²) in [7, 11) is 6.16. The van der Waals surface area contributed by atoms with Crippen molar-refractivity contribution < 1.29 is 14.7 Å². The first-order chi connectivity index (χ1) is 21.3. The molecule has 1 aromatic rings. The molecule has 6 rings (SSSR count). The molecule has 248 valence electrons. The minimum absolute atomic E-state index is 0.0332. The number of nitrogens with zero attached hydrogens (tertiary/aromatic N) is 2. The predicted octanol–water partition coefficient (Wildman–Crippen LogP) is 8.19. The summed E-state index contributed by atoms with van der Waals surface area (Å²) in [4.78, 5) is 29.1. The number of urea groups is 1. The second-order valence-corrected chi connectivity index (χ2v) is 16.9. The average molecular weight is 618 g/mol. The van der Waals surface area contributed by atoms with Gasteiger partial charge in [-0.1, -0.05) is 52.3 Å². The van der Waals surface area contributed by atoms with Crippen LogP contribution in [0.4, 0.5) is 4.79 Å². The second kappa shape index (κ2) is 11.7. The molecule has 5 aliphatic carbocycles. The Balaban J connectivity index is 1.21. The van der Waals surface area contributed by atoms with Crippen LogP contribution in [0.5, 0.6) is 0 Å². The van der Waals surface area contributed by atoms with Crippen LogP contribution in [0.15, 0.2) is 30.3 Å². The van der Waals surface area contributed by atoms with Gasteiger partial charge in [0.1, 0.15) is 0 Å². The molecule has 6 heteroatoms. The maximum absolute atomic E-state index is 13.5. The molecule has 6 nitrogen and oxygen atoms in total. The van der Waals surface area contributed by atoms with E-state index < -0.39 is 5.97 Å². The van der Waals surface area contributed by atoms with E-state index in [2.05, 4.69) is 58.1 Å². The summed E-state index contributed by atoms with van der Waals surface area (Å²) in [5.74, 6) is 2.21. The van der Waals surface area contributed by atoms with Gasteiger partial charge in [-0.15, -0.1) is 0 Å². The van der Waals surface area contributed by atoms with Gasteiger partial charge < -0.3 is 20.2 Å². The summed E-state index contributed by atoms with van der Waals surface area (Å²) in [6.07, 6.45) is 15.8. The van der Waals surface area contributed by atoms with Crippen molar-refractivity contribution in [3.63, 3.8) is 0 Å². The van der Waals surface area contributed by atoms with E-state index in [0.717, 1.165) is 38.8 Å². The van der Waals surface area contributed by atoms with Crippen molar-refractivity contribution in [2.24, 2.45) is 45.8 Å². The number of aromatic carboxylic acids is 1. The summed E-state index contributed by atoms with van der Waals surface area (Å²) in [5.41, 5.74) is 3.80. The number of fused-ring (bicyclic) bond motifs is 7. The number of benzene rings is 1. The zero-order chi connectivity index (χ0) is 32.4. The fourth-order valence-electron chi connectivity index (χ4n) is 12.2. The largest absolute Gasteiger partial charge is 0.478 e.